The van der Waals surface area contributed by atoms with Gasteiger partial charge in [-0.3, -0.25) is 0 Å². The molecule has 3 aromatic rings. The van der Waals surface area contributed by atoms with Crippen molar-refractivity contribution in [3.63, 3.8) is 0 Å². The van der Waals surface area contributed by atoms with Crippen molar-refractivity contribution in [2.45, 2.75) is 33.6 Å². The van der Waals surface area contributed by atoms with E-state index in [1.54, 1.807) is 6.92 Å². The number of carboxylic acid groups (broad SMARTS) is 1. The molecule has 2 aromatic carbocycles. The number of aliphatic carboxylic acids is 1. The van der Waals surface area contributed by atoms with Crippen LogP contribution in [0.1, 0.15) is 30.0 Å². The van der Waals surface area contributed by atoms with Crippen LogP contribution < -0.4 is 4.74 Å². The Bertz CT molecular complexity index is 1030. The third kappa shape index (κ3) is 4.39. The van der Waals surface area contributed by atoms with E-state index in [0.29, 0.717) is 12.3 Å². The fraction of sp³-hybridized carbons (Fsp3) is 0.261. The van der Waals surface area contributed by atoms with Crippen LogP contribution in [0, 0.1) is 13.8 Å². The summed E-state index contributed by atoms with van der Waals surface area (Å²) in [5.74, 6) is -0.110. The molecule has 0 aliphatic rings. The van der Waals surface area contributed by atoms with Crippen molar-refractivity contribution in [1.82, 2.24) is 4.57 Å². The second-order valence-corrected chi connectivity index (χ2v) is 7.37. The number of rotatable bonds is 7. The lowest BCUT2D eigenvalue weighted by atomic mass is 10.1. The molecule has 28 heavy (non-hydrogen) atoms. The molecular weight excluding hydrogens is 374 g/mol. The van der Waals surface area contributed by atoms with E-state index in [4.69, 9.17) is 21.4 Å². The van der Waals surface area contributed by atoms with Crippen molar-refractivity contribution in [1.29, 1.82) is 0 Å². The van der Waals surface area contributed by atoms with Gasteiger partial charge in [0.2, 0.25) is 0 Å². The number of halogens is 1. The number of hydrogen-bond acceptors (Lipinski definition) is 2. The zero-order chi connectivity index (χ0) is 20.3. The number of hydrogen-bond donors (Lipinski definition) is 1. The van der Waals surface area contributed by atoms with Crippen LogP contribution in [0.5, 0.6) is 5.75 Å². The molecule has 5 heteroatoms. The van der Waals surface area contributed by atoms with Gasteiger partial charge < -0.3 is 14.4 Å². The lowest BCUT2D eigenvalue weighted by Gasteiger charge is -2.10. The number of allylic oxidation sites excluding steroid dienone is 1. The van der Waals surface area contributed by atoms with E-state index < -0.39 is 5.97 Å². The molecule has 1 aromatic heterocycles. The average Bonchev–Trinajstić information content (AvgIpc) is 3.02. The smallest absolute Gasteiger partial charge is 0.330 e. The van der Waals surface area contributed by atoms with Crippen LogP contribution in [0.4, 0.5) is 0 Å². The van der Waals surface area contributed by atoms with E-state index in [2.05, 4.69) is 6.07 Å². The van der Waals surface area contributed by atoms with Crippen LogP contribution in [-0.2, 0) is 11.2 Å². The first-order valence-electron chi connectivity index (χ1n) is 9.27. The lowest BCUT2D eigenvalue weighted by Crippen LogP contribution is -2.00. The molecular formula is C23H24ClNO3. The number of fused-ring (bicyclic) bond motifs is 1. The maximum absolute atomic E-state index is 11.0. The van der Waals surface area contributed by atoms with Gasteiger partial charge in [0.1, 0.15) is 5.75 Å². The highest BCUT2D eigenvalue weighted by Gasteiger charge is 2.10. The highest BCUT2D eigenvalue weighted by atomic mass is 35.5. The molecule has 0 saturated heterocycles. The van der Waals surface area contributed by atoms with Crippen LogP contribution >= 0.6 is 11.6 Å². The summed E-state index contributed by atoms with van der Waals surface area (Å²) in [6.45, 7) is 6.36. The van der Waals surface area contributed by atoms with Gasteiger partial charge in [-0.2, -0.15) is 0 Å². The van der Waals surface area contributed by atoms with Crippen molar-refractivity contribution in [3.05, 3.63) is 70.4 Å². The molecule has 0 saturated carbocycles. The Kier molecular flexibility index (Phi) is 6.10. The Hall–Kier alpha value is -2.72. The van der Waals surface area contributed by atoms with Gasteiger partial charge in [0.25, 0.3) is 0 Å². The number of aromatic nitrogens is 1. The maximum atomic E-state index is 11.0. The second kappa shape index (κ2) is 8.53. The van der Waals surface area contributed by atoms with Gasteiger partial charge in [-0.1, -0.05) is 29.8 Å². The summed E-state index contributed by atoms with van der Waals surface area (Å²) in [6.07, 6.45) is 4.95. The quantitative estimate of drug-likeness (QED) is 0.400. The Balaban J connectivity index is 1.72. The predicted octanol–water partition coefficient (Wildman–Crippen LogP) is 5.87. The molecule has 1 heterocycles. The molecule has 0 radical (unpaired) electrons. The molecule has 0 fully saturated rings. The lowest BCUT2D eigenvalue weighted by molar-refractivity contribution is -0.131. The van der Waals surface area contributed by atoms with Gasteiger partial charge in [0, 0.05) is 28.4 Å². The van der Waals surface area contributed by atoms with E-state index in [1.807, 2.05) is 54.9 Å². The fourth-order valence-electron chi connectivity index (χ4n) is 3.43. The van der Waals surface area contributed by atoms with Crippen LogP contribution in [0.15, 0.2) is 48.7 Å². The molecule has 4 nitrogen and oxygen atoms in total. The third-order valence-corrected chi connectivity index (χ3v) is 5.37. The van der Waals surface area contributed by atoms with Crippen molar-refractivity contribution in [2.24, 2.45) is 0 Å². The molecule has 0 atom stereocenters. The first-order valence-corrected chi connectivity index (χ1v) is 9.64. The molecule has 0 aliphatic carbocycles. The third-order valence-electron chi connectivity index (χ3n) is 4.78. The zero-order valence-electron chi connectivity index (χ0n) is 16.3. The number of carbonyl (C=O) groups is 1. The number of para-hydroxylation sites is 1. The normalized spacial score (nSPS) is 11.8. The number of aryl methyl sites for hydroxylation is 3. The van der Waals surface area contributed by atoms with Crippen molar-refractivity contribution < 1.29 is 14.6 Å². The van der Waals surface area contributed by atoms with Gasteiger partial charge in [-0.05, 0) is 68.5 Å². The second-order valence-electron chi connectivity index (χ2n) is 6.99. The summed E-state index contributed by atoms with van der Waals surface area (Å²) >= 11 is 6.21. The standard InChI is InChI=1S/C23H24ClNO3/c1-15-11-19(12-16(2)23(15)24)28-10-6-7-18-14-25(17(3)13-22(26)27)21-9-5-4-8-20(18)21/h4-5,8-9,11-14H,6-7,10H2,1-3H3,(H,26,27). The van der Waals surface area contributed by atoms with Crippen LogP contribution in [0.3, 0.4) is 0 Å². The van der Waals surface area contributed by atoms with E-state index in [-0.39, 0.29) is 0 Å². The highest BCUT2D eigenvalue weighted by Crippen LogP contribution is 2.27. The van der Waals surface area contributed by atoms with Crippen LogP contribution in [-0.4, -0.2) is 22.2 Å². The van der Waals surface area contributed by atoms with Gasteiger partial charge >= 0.3 is 5.97 Å². The maximum Gasteiger partial charge on any atom is 0.330 e. The number of benzene rings is 2. The highest BCUT2D eigenvalue weighted by molar-refractivity contribution is 6.32. The predicted molar refractivity (Wildman–Crippen MR) is 114 cm³/mol. The monoisotopic (exact) mass is 397 g/mol. The van der Waals surface area contributed by atoms with Gasteiger partial charge in [-0.15, -0.1) is 0 Å². The molecule has 0 spiro atoms. The Morgan fingerprint density at radius 2 is 1.89 bits per heavy atom. The van der Waals surface area contributed by atoms with Gasteiger partial charge in [0.05, 0.1) is 12.1 Å². The molecule has 1 N–H and O–H groups in total. The molecule has 3 rings (SSSR count). The van der Waals surface area contributed by atoms with E-state index in [9.17, 15) is 4.79 Å². The SMILES string of the molecule is CC(=CC(=O)O)n1cc(CCCOc2cc(C)c(Cl)c(C)c2)c2ccccc21. The van der Waals surface area contributed by atoms with Crippen molar-refractivity contribution in [2.75, 3.05) is 6.61 Å². The number of carboxylic acids is 1. The minimum absolute atomic E-state index is 0.601. The van der Waals surface area contributed by atoms with Crippen LogP contribution in [0.2, 0.25) is 5.02 Å². The number of nitrogens with zero attached hydrogens (tertiary/aromatic N) is 1. The molecule has 0 amide bonds. The van der Waals surface area contributed by atoms with Crippen molar-refractivity contribution >= 4 is 34.2 Å². The Morgan fingerprint density at radius 1 is 1.21 bits per heavy atom. The molecule has 0 aliphatic heterocycles. The van der Waals surface area contributed by atoms with Crippen molar-refractivity contribution in [3.8, 4) is 5.75 Å². The first kappa shape index (κ1) is 20.0. The van der Waals surface area contributed by atoms with Crippen LogP contribution in [0.25, 0.3) is 16.6 Å². The summed E-state index contributed by atoms with van der Waals surface area (Å²) in [4.78, 5) is 11.0. The Labute approximate surface area is 170 Å². The zero-order valence-corrected chi connectivity index (χ0v) is 17.1. The Morgan fingerprint density at radius 3 is 2.57 bits per heavy atom. The topological polar surface area (TPSA) is 51.5 Å². The number of ether oxygens (including phenoxy) is 1. The minimum atomic E-state index is -0.946. The van der Waals surface area contributed by atoms with Gasteiger partial charge in [-0.25, -0.2) is 4.79 Å². The summed E-state index contributed by atoms with van der Waals surface area (Å²) in [6, 6.07) is 12.0. The first-order chi connectivity index (χ1) is 13.4. The summed E-state index contributed by atoms with van der Waals surface area (Å²) in [5, 5.41) is 11.0. The van der Waals surface area contributed by atoms with E-state index in [0.717, 1.165) is 45.6 Å². The van der Waals surface area contributed by atoms with E-state index in [1.165, 1.54) is 11.6 Å². The molecule has 0 bridgehead atoms. The molecule has 146 valence electrons. The molecule has 0 unspecified atom stereocenters. The fourth-order valence-corrected chi connectivity index (χ4v) is 3.54. The largest absolute Gasteiger partial charge is 0.494 e. The summed E-state index contributed by atoms with van der Waals surface area (Å²) < 4.78 is 7.84. The summed E-state index contributed by atoms with van der Waals surface area (Å²) in [5.41, 5.74) is 4.90. The average molecular weight is 398 g/mol. The minimum Gasteiger partial charge on any atom is -0.494 e. The van der Waals surface area contributed by atoms with E-state index >= 15 is 0 Å². The summed E-state index contributed by atoms with van der Waals surface area (Å²) in [7, 11) is 0. The van der Waals surface area contributed by atoms with Gasteiger partial charge in [0.15, 0.2) is 0 Å².